The first-order valence-electron chi connectivity index (χ1n) is 3.03. The molecule has 0 aliphatic rings. The molecule has 0 unspecified atom stereocenters. The molecule has 1 aromatic heterocycles. The third-order valence-corrected chi connectivity index (χ3v) is 1.21. The number of nitrogens with zero attached hydrogens (tertiary/aromatic N) is 3. The molecule has 0 aliphatic heterocycles. The molecule has 0 atom stereocenters. The fourth-order valence-corrected chi connectivity index (χ4v) is 0.727. The summed E-state index contributed by atoms with van der Waals surface area (Å²) in [4.78, 5) is 1.88. The molecule has 0 N–H and O–H groups in total. The van der Waals surface area contributed by atoms with Crippen molar-refractivity contribution in [2.24, 2.45) is 0 Å². The molecule has 0 fully saturated rings. The number of rotatable bonds is 1. The average Bonchev–Trinajstić information content (AvgIpc) is 1.88. The van der Waals surface area contributed by atoms with Crippen molar-refractivity contribution in [2.45, 2.75) is 0 Å². The number of aromatic nitrogens is 2. The lowest BCUT2D eigenvalue weighted by atomic mass is 10.3. The Bertz CT molecular complexity index is 220. The van der Waals surface area contributed by atoms with Crippen molar-refractivity contribution in [1.82, 2.24) is 10.2 Å². The lowest BCUT2D eigenvalue weighted by molar-refractivity contribution is 0.957. The van der Waals surface area contributed by atoms with Gasteiger partial charge >= 0.3 is 0 Å². The summed E-state index contributed by atoms with van der Waals surface area (Å²) in [5, 5.41) is 7.63. The van der Waals surface area contributed by atoms with Crippen LogP contribution < -0.4 is 4.90 Å². The van der Waals surface area contributed by atoms with E-state index in [2.05, 4.69) is 17.1 Å². The molecule has 1 aromatic rings. The molecular weight excluding hydrogens is 126 g/mol. The Morgan fingerprint density at radius 2 is 2.20 bits per heavy atom. The Morgan fingerprint density at radius 3 is 2.60 bits per heavy atom. The van der Waals surface area contributed by atoms with Crippen molar-refractivity contribution < 1.29 is 0 Å². The maximum Gasteiger partial charge on any atom is 0.153 e. The van der Waals surface area contributed by atoms with Crippen LogP contribution in [0.25, 0.3) is 0 Å². The van der Waals surface area contributed by atoms with Gasteiger partial charge in [-0.2, -0.15) is 5.10 Å². The van der Waals surface area contributed by atoms with Crippen LogP contribution in [0.1, 0.15) is 5.56 Å². The first-order valence-corrected chi connectivity index (χ1v) is 3.03. The van der Waals surface area contributed by atoms with Crippen LogP contribution in [-0.2, 0) is 0 Å². The van der Waals surface area contributed by atoms with Gasteiger partial charge in [-0.25, -0.2) is 0 Å². The van der Waals surface area contributed by atoms with Gasteiger partial charge in [-0.1, -0.05) is 0 Å². The van der Waals surface area contributed by atoms with Crippen molar-refractivity contribution in [1.29, 1.82) is 0 Å². The van der Waals surface area contributed by atoms with Crippen LogP contribution in [0.2, 0.25) is 0 Å². The van der Waals surface area contributed by atoms with E-state index in [0.29, 0.717) is 0 Å². The summed E-state index contributed by atoms with van der Waals surface area (Å²) in [6.07, 6.45) is 1.63. The standard InChI is InChI=1S/C7H10N3/c1-6-4-5-8-9-7(6)10(2)3/h4-5H,1H2,2-3H3. The molecule has 0 aromatic carbocycles. The summed E-state index contributed by atoms with van der Waals surface area (Å²) in [5.41, 5.74) is 0.903. The van der Waals surface area contributed by atoms with Crippen LogP contribution in [0, 0.1) is 6.92 Å². The molecule has 1 radical (unpaired) electrons. The number of hydrogen-bond donors (Lipinski definition) is 0. The molecule has 53 valence electrons. The molecular formula is C7H10N3. The van der Waals surface area contributed by atoms with Crippen LogP contribution in [0.15, 0.2) is 12.3 Å². The zero-order valence-electron chi connectivity index (χ0n) is 6.20. The monoisotopic (exact) mass is 136 g/mol. The van der Waals surface area contributed by atoms with E-state index in [9.17, 15) is 0 Å². The van der Waals surface area contributed by atoms with Gasteiger partial charge in [0.05, 0.1) is 6.20 Å². The van der Waals surface area contributed by atoms with Crippen LogP contribution in [0.5, 0.6) is 0 Å². The summed E-state index contributed by atoms with van der Waals surface area (Å²) >= 11 is 0. The highest BCUT2D eigenvalue weighted by atomic mass is 15.2. The van der Waals surface area contributed by atoms with Gasteiger partial charge in [0.2, 0.25) is 0 Å². The van der Waals surface area contributed by atoms with Crippen LogP contribution in [0.4, 0.5) is 5.82 Å². The first-order chi connectivity index (χ1) is 4.72. The van der Waals surface area contributed by atoms with E-state index in [1.54, 1.807) is 6.20 Å². The van der Waals surface area contributed by atoms with E-state index in [4.69, 9.17) is 0 Å². The molecule has 10 heavy (non-hydrogen) atoms. The minimum absolute atomic E-state index is 0.822. The molecule has 0 spiro atoms. The minimum atomic E-state index is 0.822. The molecule has 1 heterocycles. The van der Waals surface area contributed by atoms with Crippen molar-refractivity contribution in [3.8, 4) is 0 Å². The second kappa shape index (κ2) is 2.64. The van der Waals surface area contributed by atoms with Crippen LogP contribution >= 0.6 is 0 Å². The highest BCUT2D eigenvalue weighted by Crippen LogP contribution is 2.09. The second-order valence-corrected chi connectivity index (χ2v) is 2.27. The summed E-state index contributed by atoms with van der Waals surface area (Å²) in [6.45, 7) is 3.80. The predicted octanol–water partition coefficient (Wildman–Crippen LogP) is 0.725. The van der Waals surface area contributed by atoms with E-state index in [1.807, 2.05) is 25.1 Å². The van der Waals surface area contributed by atoms with E-state index >= 15 is 0 Å². The Morgan fingerprint density at radius 1 is 1.50 bits per heavy atom. The van der Waals surface area contributed by atoms with Gasteiger partial charge in [0.25, 0.3) is 0 Å². The zero-order chi connectivity index (χ0) is 7.56. The van der Waals surface area contributed by atoms with E-state index < -0.39 is 0 Å². The Balaban J connectivity index is 3.03. The topological polar surface area (TPSA) is 29.0 Å². The normalized spacial score (nSPS) is 9.50. The van der Waals surface area contributed by atoms with Gasteiger partial charge in [0.1, 0.15) is 0 Å². The highest BCUT2D eigenvalue weighted by molar-refractivity contribution is 5.45. The van der Waals surface area contributed by atoms with Gasteiger partial charge in [-0.05, 0) is 18.6 Å². The van der Waals surface area contributed by atoms with Gasteiger partial charge in [-0.15, -0.1) is 5.10 Å². The molecule has 3 heteroatoms. The van der Waals surface area contributed by atoms with Gasteiger partial charge in [-0.3, -0.25) is 0 Å². The van der Waals surface area contributed by atoms with E-state index in [-0.39, 0.29) is 0 Å². The SMILES string of the molecule is [CH2]c1ccnnc1N(C)C. The summed E-state index contributed by atoms with van der Waals surface area (Å²) in [5.74, 6) is 0.822. The van der Waals surface area contributed by atoms with Crippen molar-refractivity contribution in [3.05, 3.63) is 24.8 Å². The Labute approximate surface area is 60.7 Å². The Kier molecular flexibility index (Phi) is 1.85. The fraction of sp³-hybridized carbons (Fsp3) is 0.286. The minimum Gasteiger partial charge on any atom is -0.361 e. The zero-order valence-corrected chi connectivity index (χ0v) is 6.20. The third kappa shape index (κ3) is 1.23. The smallest absolute Gasteiger partial charge is 0.153 e. The second-order valence-electron chi connectivity index (χ2n) is 2.27. The summed E-state index contributed by atoms with van der Waals surface area (Å²) in [7, 11) is 3.83. The molecule has 0 saturated heterocycles. The average molecular weight is 136 g/mol. The quantitative estimate of drug-likeness (QED) is 0.569. The maximum absolute atomic E-state index is 3.89. The third-order valence-electron chi connectivity index (χ3n) is 1.21. The fourth-order valence-electron chi connectivity index (χ4n) is 0.727. The van der Waals surface area contributed by atoms with Crippen LogP contribution in [0.3, 0.4) is 0 Å². The van der Waals surface area contributed by atoms with Crippen LogP contribution in [-0.4, -0.2) is 24.3 Å². The molecule has 0 aliphatic carbocycles. The Hall–Kier alpha value is -1.12. The van der Waals surface area contributed by atoms with Crippen molar-refractivity contribution in [3.63, 3.8) is 0 Å². The highest BCUT2D eigenvalue weighted by Gasteiger charge is 1.99. The van der Waals surface area contributed by atoms with Crippen molar-refractivity contribution >= 4 is 5.82 Å². The molecule has 1 rings (SSSR count). The predicted molar refractivity (Wildman–Crippen MR) is 40.8 cm³/mol. The van der Waals surface area contributed by atoms with E-state index in [1.165, 1.54) is 0 Å². The maximum atomic E-state index is 3.89. The lowest BCUT2D eigenvalue weighted by Gasteiger charge is -2.11. The molecule has 3 nitrogen and oxygen atoms in total. The number of anilines is 1. The first kappa shape index (κ1) is 6.99. The lowest BCUT2D eigenvalue weighted by Crippen LogP contribution is -2.12. The molecule has 0 amide bonds. The van der Waals surface area contributed by atoms with Gasteiger partial charge in [0.15, 0.2) is 5.82 Å². The van der Waals surface area contributed by atoms with Gasteiger partial charge in [0, 0.05) is 14.1 Å². The molecule has 0 bridgehead atoms. The number of hydrogen-bond acceptors (Lipinski definition) is 3. The largest absolute Gasteiger partial charge is 0.361 e. The molecule has 0 saturated carbocycles. The summed E-state index contributed by atoms with van der Waals surface area (Å²) < 4.78 is 0. The van der Waals surface area contributed by atoms with Gasteiger partial charge < -0.3 is 4.90 Å². The summed E-state index contributed by atoms with van der Waals surface area (Å²) in [6, 6.07) is 1.84. The van der Waals surface area contributed by atoms with E-state index in [0.717, 1.165) is 11.4 Å². The van der Waals surface area contributed by atoms with Crippen molar-refractivity contribution in [2.75, 3.05) is 19.0 Å².